The van der Waals surface area contributed by atoms with E-state index in [0.717, 1.165) is 6.42 Å². The van der Waals surface area contributed by atoms with Gasteiger partial charge in [0.15, 0.2) is 5.89 Å². The van der Waals surface area contributed by atoms with Crippen molar-refractivity contribution in [3.8, 4) is 0 Å². The van der Waals surface area contributed by atoms with E-state index in [1.54, 1.807) is 12.3 Å². The van der Waals surface area contributed by atoms with Crippen molar-refractivity contribution in [2.45, 2.75) is 53.4 Å². The van der Waals surface area contributed by atoms with Crippen LogP contribution in [-0.4, -0.2) is 16.0 Å². The first kappa shape index (κ1) is 16.3. The van der Waals surface area contributed by atoms with Gasteiger partial charge in [-0.3, -0.25) is 10.1 Å². The van der Waals surface area contributed by atoms with E-state index < -0.39 is 10.8 Å². The number of oxazole rings is 1. The van der Waals surface area contributed by atoms with Crippen molar-refractivity contribution in [1.29, 1.82) is 0 Å². The van der Waals surface area contributed by atoms with Gasteiger partial charge < -0.3 is 8.94 Å². The Morgan fingerprint density at radius 1 is 1.27 bits per heavy atom. The lowest BCUT2D eigenvalue weighted by Gasteiger charge is -2.17. The summed E-state index contributed by atoms with van der Waals surface area (Å²) in [6.07, 6.45) is 2.45. The zero-order chi connectivity index (χ0) is 16.5. The molecule has 0 saturated carbocycles. The van der Waals surface area contributed by atoms with E-state index in [2.05, 4.69) is 15.5 Å². The van der Waals surface area contributed by atoms with Gasteiger partial charge in [-0.15, -0.1) is 0 Å². The molecule has 0 bridgehead atoms. The molecule has 0 aliphatic rings. The average Bonchev–Trinajstić information content (AvgIpc) is 3.06. The Morgan fingerprint density at radius 2 is 1.95 bits per heavy atom. The highest BCUT2D eigenvalue weighted by molar-refractivity contribution is 5.93. The van der Waals surface area contributed by atoms with E-state index in [9.17, 15) is 4.79 Å². The molecule has 0 atom stereocenters. The Kier molecular flexibility index (Phi) is 4.13. The van der Waals surface area contributed by atoms with Crippen LogP contribution in [0.15, 0.2) is 21.2 Å². The number of carbonyl (C=O) groups is 1. The number of amides is 1. The first-order chi connectivity index (χ1) is 10.1. The molecule has 0 fully saturated rings. The SMILES string of the molecule is CCc1ncc(C(C)(C)c2cc(NC(=O)C(C)(C)C)on2)o1. The van der Waals surface area contributed by atoms with Crippen LogP contribution < -0.4 is 5.32 Å². The Labute approximate surface area is 130 Å². The molecule has 2 heterocycles. The topological polar surface area (TPSA) is 81.2 Å². The Bertz CT molecular complexity index is 662. The van der Waals surface area contributed by atoms with Crippen LogP contribution in [0.25, 0.3) is 0 Å². The van der Waals surface area contributed by atoms with Crippen LogP contribution in [0.5, 0.6) is 0 Å². The minimum absolute atomic E-state index is 0.124. The average molecular weight is 305 g/mol. The summed E-state index contributed by atoms with van der Waals surface area (Å²) in [5.74, 6) is 1.61. The number of rotatable bonds is 4. The van der Waals surface area contributed by atoms with Gasteiger partial charge in [0.2, 0.25) is 11.8 Å². The van der Waals surface area contributed by atoms with Gasteiger partial charge in [0, 0.05) is 17.9 Å². The third kappa shape index (κ3) is 3.21. The lowest BCUT2D eigenvalue weighted by molar-refractivity contribution is -0.123. The summed E-state index contributed by atoms with van der Waals surface area (Å²) in [5.41, 5.74) is -0.312. The summed E-state index contributed by atoms with van der Waals surface area (Å²) in [5, 5.41) is 6.78. The van der Waals surface area contributed by atoms with Crippen molar-refractivity contribution in [3.63, 3.8) is 0 Å². The van der Waals surface area contributed by atoms with Crippen LogP contribution in [0.2, 0.25) is 0 Å². The Morgan fingerprint density at radius 3 is 2.50 bits per heavy atom. The molecule has 0 saturated heterocycles. The molecule has 0 spiro atoms. The molecule has 0 radical (unpaired) electrons. The van der Waals surface area contributed by atoms with Gasteiger partial charge >= 0.3 is 0 Å². The molecule has 1 amide bonds. The minimum Gasteiger partial charge on any atom is -0.445 e. The highest BCUT2D eigenvalue weighted by Crippen LogP contribution is 2.32. The van der Waals surface area contributed by atoms with E-state index in [1.807, 2.05) is 41.5 Å². The summed E-state index contributed by atoms with van der Waals surface area (Å²) in [4.78, 5) is 16.2. The predicted molar refractivity (Wildman–Crippen MR) is 82.6 cm³/mol. The first-order valence-corrected chi connectivity index (χ1v) is 7.38. The monoisotopic (exact) mass is 305 g/mol. The summed E-state index contributed by atoms with van der Waals surface area (Å²) in [7, 11) is 0. The van der Waals surface area contributed by atoms with Gasteiger partial charge in [0.1, 0.15) is 5.76 Å². The van der Waals surface area contributed by atoms with E-state index in [0.29, 0.717) is 23.2 Å². The number of carbonyl (C=O) groups excluding carboxylic acids is 1. The molecule has 1 N–H and O–H groups in total. The zero-order valence-corrected chi connectivity index (χ0v) is 14.0. The molecular weight excluding hydrogens is 282 g/mol. The van der Waals surface area contributed by atoms with Crippen LogP contribution in [0, 0.1) is 5.41 Å². The number of nitrogens with one attached hydrogen (secondary N) is 1. The maximum Gasteiger partial charge on any atom is 0.232 e. The Balaban J connectivity index is 2.21. The van der Waals surface area contributed by atoms with E-state index in [1.165, 1.54) is 0 Å². The zero-order valence-electron chi connectivity index (χ0n) is 14.0. The molecule has 6 nitrogen and oxygen atoms in total. The van der Waals surface area contributed by atoms with Gasteiger partial charge in [-0.25, -0.2) is 4.98 Å². The predicted octanol–water partition coefficient (Wildman–Crippen LogP) is 3.54. The van der Waals surface area contributed by atoms with Crippen molar-refractivity contribution in [3.05, 3.63) is 29.6 Å². The molecule has 0 aliphatic heterocycles. The van der Waals surface area contributed by atoms with Gasteiger partial charge in [-0.2, -0.15) is 0 Å². The summed E-state index contributed by atoms with van der Waals surface area (Å²) in [6.45, 7) is 11.4. The summed E-state index contributed by atoms with van der Waals surface area (Å²) >= 11 is 0. The minimum atomic E-state index is -0.497. The maximum absolute atomic E-state index is 12.0. The molecule has 2 aromatic heterocycles. The van der Waals surface area contributed by atoms with Crippen LogP contribution >= 0.6 is 0 Å². The molecule has 0 aliphatic carbocycles. The second kappa shape index (κ2) is 5.59. The molecule has 6 heteroatoms. The Hall–Kier alpha value is -2.11. The third-order valence-electron chi connectivity index (χ3n) is 3.54. The van der Waals surface area contributed by atoms with Crippen molar-refractivity contribution in [2.24, 2.45) is 5.41 Å². The quantitative estimate of drug-likeness (QED) is 0.934. The number of anilines is 1. The second-order valence-electron chi connectivity index (χ2n) is 6.88. The number of nitrogens with zero attached hydrogens (tertiary/aromatic N) is 2. The van der Waals surface area contributed by atoms with Gasteiger partial charge in [-0.1, -0.05) is 32.9 Å². The maximum atomic E-state index is 12.0. The van der Waals surface area contributed by atoms with Crippen LogP contribution in [-0.2, 0) is 16.6 Å². The molecule has 22 heavy (non-hydrogen) atoms. The first-order valence-electron chi connectivity index (χ1n) is 7.38. The van der Waals surface area contributed by atoms with Gasteiger partial charge in [-0.05, 0) is 13.8 Å². The molecule has 0 aromatic carbocycles. The van der Waals surface area contributed by atoms with Gasteiger partial charge in [0.25, 0.3) is 0 Å². The molecule has 2 aromatic rings. The summed E-state index contributed by atoms with van der Waals surface area (Å²) in [6, 6.07) is 1.72. The number of aryl methyl sites for hydroxylation is 1. The van der Waals surface area contributed by atoms with E-state index in [4.69, 9.17) is 8.94 Å². The lowest BCUT2D eigenvalue weighted by Crippen LogP contribution is -2.27. The highest BCUT2D eigenvalue weighted by Gasteiger charge is 2.32. The lowest BCUT2D eigenvalue weighted by atomic mass is 9.87. The van der Waals surface area contributed by atoms with Crippen molar-refractivity contribution >= 4 is 11.8 Å². The van der Waals surface area contributed by atoms with Gasteiger partial charge in [0.05, 0.1) is 17.3 Å². The number of hydrogen-bond donors (Lipinski definition) is 1. The molecule has 120 valence electrons. The fourth-order valence-corrected chi connectivity index (χ4v) is 1.82. The van der Waals surface area contributed by atoms with Crippen LogP contribution in [0.4, 0.5) is 5.88 Å². The van der Waals surface area contributed by atoms with E-state index in [-0.39, 0.29) is 5.91 Å². The highest BCUT2D eigenvalue weighted by atomic mass is 16.5. The molecule has 2 rings (SSSR count). The fraction of sp³-hybridized carbons (Fsp3) is 0.562. The largest absolute Gasteiger partial charge is 0.445 e. The second-order valence-corrected chi connectivity index (χ2v) is 6.88. The fourth-order valence-electron chi connectivity index (χ4n) is 1.82. The van der Waals surface area contributed by atoms with Crippen LogP contribution in [0.3, 0.4) is 0 Å². The van der Waals surface area contributed by atoms with Crippen molar-refractivity contribution < 1.29 is 13.7 Å². The van der Waals surface area contributed by atoms with E-state index >= 15 is 0 Å². The number of aromatic nitrogens is 2. The molecule has 0 unspecified atom stereocenters. The summed E-state index contributed by atoms with van der Waals surface area (Å²) < 4.78 is 10.9. The smallest absolute Gasteiger partial charge is 0.232 e. The third-order valence-corrected chi connectivity index (χ3v) is 3.54. The van der Waals surface area contributed by atoms with Crippen molar-refractivity contribution in [2.75, 3.05) is 5.32 Å². The standard InChI is InChI=1S/C16H23N3O3/c1-7-12-17-9-11(21-12)16(5,6)10-8-13(22-19-10)18-14(20)15(2,3)4/h8-9H,7H2,1-6H3,(H,18,20). The van der Waals surface area contributed by atoms with Crippen LogP contribution in [0.1, 0.15) is 58.9 Å². The molecular formula is C16H23N3O3. The number of hydrogen-bond acceptors (Lipinski definition) is 5. The normalized spacial score (nSPS) is 12.5. The van der Waals surface area contributed by atoms with Crippen molar-refractivity contribution in [1.82, 2.24) is 10.1 Å².